The van der Waals surface area contributed by atoms with Crippen molar-refractivity contribution in [1.29, 1.82) is 0 Å². The van der Waals surface area contributed by atoms with Crippen LogP contribution in [0.25, 0.3) is 0 Å². The van der Waals surface area contributed by atoms with Crippen LogP contribution in [0.3, 0.4) is 0 Å². The largest absolute Gasteiger partial charge is 0.359 e. The van der Waals surface area contributed by atoms with Gasteiger partial charge in [0, 0.05) is 11.8 Å². The normalized spacial score (nSPS) is 42.2. The highest BCUT2D eigenvalue weighted by molar-refractivity contribution is 6.61. The quantitative estimate of drug-likeness (QED) is 0.626. The van der Waals surface area contributed by atoms with Crippen LogP contribution >= 0.6 is 46.4 Å². The van der Waals surface area contributed by atoms with Gasteiger partial charge in [-0.05, 0) is 12.3 Å². The highest BCUT2D eigenvalue weighted by atomic mass is 35.5. The number of ketones is 1. The summed E-state index contributed by atoms with van der Waals surface area (Å²) in [5, 5.41) is 0.189. The molecule has 4 atom stereocenters. The van der Waals surface area contributed by atoms with Crippen molar-refractivity contribution in [3.05, 3.63) is 32.3 Å². The van der Waals surface area contributed by atoms with Crippen molar-refractivity contribution in [2.24, 2.45) is 17.8 Å². The summed E-state index contributed by atoms with van der Waals surface area (Å²) in [4.78, 5) is 11.8. The van der Waals surface area contributed by atoms with E-state index in [4.69, 9.17) is 51.1 Å². The number of halogens is 4. The Morgan fingerprint density at radius 1 is 1.05 bits per heavy atom. The number of hydrogen-bond donors (Lipinski definition) is 0. The third-order valence-electron chi connectivity index (χ3n) is 4.61. The van der Waals surface area contributed by atoms with E-state index in [9.17, 15) is 4.79 Å². The fourth-order valence-corrected chi connectivity index (χ4v) is 5.07. The Bertz CT molecular complexity index is 576. The number of carbonyl (C=O) groups is 1. The SMILES string of the molecule is O=C1C(Cl)=C(Cl)C2(O[C@@H]3[C@H]2[C@H]2C=C[C@@H]3C2)C(Cl)=C1Cl. The maximum Gasteiger partial charge on any atom is 0.218 e. The lowest BCUT2D eigenvalue weighted by atomic mass is 9.69. The van der Waals surface area contributed by atoms with E-state index in [0.29, 0.717) is 11.8 Å². The molecule has 0 aromatic heterocycles. The van der Waals surface area contributed by atoms with E-state index in [1.807, 2.05) is 0 Å². The van der Waals surface area contributed by atoms with E-state index < -0.39 is 11.4 Å². The molecule has 0 radical (unpaired) electrons. The van der Waals surface area contributed by atoms with Crippen molar-refractivity contribution in [2.75, 3.05) is 0 Å². The Labute approximate surface area is 130 Å². The first kappa shape index (κ1) is 12.7. The molecule has 2 nitrogen and oxygen atoms in total. The zero-order valence-corrected chi connectivity index (χ0v) is 12.5. The van der Waals surface area contributed by atoms with Gasteiger partial charge >= 0.3 is 0 Å². The van der Waals surface area contributed by atoms with Crippen LogP contribution in [-0.2, 0) is 9.53 Å². The molecule has 0 aromatic rings. The number of ether oxygens (including phenoxy) is 1. The predicted octanol–water partition coefficient (Wildman–Crippen LogP) is 3.91. The summed E-state index contributed by atoms with van der Waals surface area (Å²) in [5.74, 6) is 0.353. The van der Waals surface area contributed by atoms with Crippen molar-refractivity contribution in [3.63, 3.8) is 0 Å². The first-order valence-corrected chi connectivity index (χ1v) is 7.52. The number of rotatable bonds is 0. The van der Waals surface area contributed by atoms with Crippen molar-refractivity contribution < 1.29 is 9.53 Å². The maximum absolute atomic E-state index is 11.8. The molecule has 100 valence electrons. The molecule has 0 unspecified atom stereocenters. The summed E-state index contributed by atoms with van der Waals surface area (Å²) >= 11 is 24.6. The minimum Gasteiger partial charge on any atom is -0.359 e. The van der Waals surface area contributed by atoms with Crippen LogP contribution in [-0.4, -0.2) is 17.5 Å². The number of allylic oxidation sites excluding steroid dienone is 3. The third kappa shape index (κ3) is 1.28. The summed E-state index contributed by atoms with van der Waals surface area (Å²) in [6.07, 6.45) is 5.47. The summed E-state index contributed by atoms with van der Waals surface area (Å²) in [7, 11) is 0. The highest BCUT2D eigenvalue weighted by Gasteiger charge is 2.69. The van der Waals surface area contributed by atoms with E-state index in [-0.39, 0.29) is 32.2 Å². The second-order valence-electron chi connectivity index (χ2n) is 5.38. The fraction of sp³-hybridized carbons (Fsp3) is 0.462. The molecule has 0 aromatic carbocycles. The van der Waals surface area contributed by atoms with Crippen LogP contribution in [0.4, 0.5) is 0 Å². The zero-order chi connectivity index (χ0) is 13.5. The number of Topliss-reactive ketones (excluding diaryl/α,β-unsaturated/α-hetero) is 1. The molecular formula is C13H8Cl4O2. The monoisotopic (exact) mass is 336 g/mol. The lowest BCUT2D eigenvalue weighted by molar-refractivity contribution is -0.217. The Morgan fingerprint density at radius 3 is 2.21 bits per heavy atom. The van der Waals surface area contributed by atoms with Gasteiger partial charge in [-0.15, -0.1) is 0 Å². The van der Waals surface area contributed by atoms with E-state index in [2.05, 4.69) is 12.2 Å². The minimum absolute atomic E-state index is 0.0822. The molecule has 4 rings (SSSR count). The summed E-state index contributed by atoms with van der Waals surface area (Å²) in [6, 6.07) is 0. The molecule has 0 N–H and O–H groups in total. The Balaban J connectivity index is 1.88. The van der Waals surface area contributed by atoms with Gasteiger partial charge in [-0.3, -0.25) is 4.79 Å². The average Bonchev–Trinajstić information content (AvgIpc) is 2.91. The summed E-state index contributed by atoms with van der Waals surface area (Å²) in [5.41, 5.74) is -1.000. The van der Waals surface area contributed by atoms with E-state index in [1.54, 1.807) is 0 Å². The highest BCUT2D eigenvalue weighted by Crippen LogP contribution is 2.66. The molecule has 1 heterocycles. The predicted molar refractivity (Wildman–Crippen MR) is 74.3 cm³/mol. The van der Waals surface area contributed by atoms with Gasteiger partial charge in [-0.1, -0.05) is 58.6 Å². The molecule has 19 heavy (non-hydrogen) atoms. The topological polar surface area (TPSA) is 26.3 Å². The van der Waals surface area contributed by atoms with E-state index in [1.165, 1.54) is 0 Å². The van der Waals surface area contributed by atoms with Crippen LogP contribution in [0.5, 0.6) is 0 Å². The Kier molecular flexibility index (Phi) is 2.55. The molecular weight excluding hydrogens is 330 g/mol. The summed E-state index contributed by atoms with van der Waals surface area (Å²) < 4.78 is 5.99. The van der Waals surface area contributed by atoms with Gasteiger partial charge in [-0.25, -0.2) is 0 Å². The Hall–Kier alpha value is 0.01000. The van der Waals surface area contributed by atoms with Crippen molar-refractivity contribution in [2.45, 2.75) is 18.1 Å². The lowest BCUT2D eigenvalue weighted by Crippen LogP contribution is -2.63. The molecule has 4 aliphatic rings. The van der Waals surface area contributed by atoms with Crippen LogP contribution < -0.4 is 0 Å². The molecule has 1 saturated heterocycles. The standard InChI is InChI=1S/C13H8Cl4O2/c14-7-9(18)8(15)12(17)13(11(7)16)6-4-1-2-5(3-4)10(6)19-13/h1-2,4-6,10H,3H2/t4-,5+,6+,10-/m0/s1. The van der Waals surface area contributed by atoms with Crippen molar-refractivity contribution in [1.82, 2.24) is 0 Å². The Morgan fingerprint density at radius 2 is 1.63 bits per heavy atom. The van der Waals surface area contributed by atoms with Crippen LogP contribution in [0.2, 0.25) is 0 Å². The molecule has 2 bridgehead atoms. The smallest absolute Gasteiger partial charge is 0.218 e. The second-order valence-corrected chi connectivity index (χ2v) is 6.89. The third-order valence-corrected chi connectivity index (χ3v) is 6.47. The van der Waals surface area contributed by atoms with Crippen LogP contribution in [0.15, 0.2) is 32.3 Å². The number of fused-ring (bicyclic) bond motifs is 6. The van der Waals surface area contributed by atoms with Crippen molar-refractivity contribution >= 4 is 52.2 Å². The van der Waals surface area contributed by atoms with Gasteiger partial charge < -0.3 is 4.74 Å². The van der Waals surface area contributed by atoms with E-state index in [0.717, 1.165) is 6.42 Å². The average molecular weight is 338 g/mol. The van der Waals surface area contributed by atoms with Gasteiger partial charge in [0.05, 0.1) is 16.2 Å². The second kappa shape index (κ2) is 3.80. The van der Waals surface area contributed by atoms with Gasteiger partial charge in [0.25, 0.3) is 0 Å². The molecule has 3 aliphatic carbocycles. The van der Waals surface area contributed by atoms with Gasteiger partial charge in [-0.2, -0.15) is 0 Å². The molecule has 1 spiro atoms. The number of hydrogen-bond acceptors (Lipinski definition) is 2. The minimum atomic E-state index is -1.000. The molecule has 2 fully saturated rings. The van der Waals surface area contributed by atoms with Gasteiger partial charge in [0.1, 0.15) is 15.7 Å². The van der Waals surface area contributed by atoms with E-state index >= 15 is 0 Å². The van der Waals surface area contributed by atoms with Gasteiger partial charge in [0.15, 0.2) is 0 Å². The molecule has 0 amide bonds. The first-order chi connectivity index (χ1) is 8.98. The van der Waals surface area contributed by atoms with Crippen LogP contribution in [0.1, 0.15) is 6.42 Å². The van der Waals surface area contributed by atoms with Gasteiger partial charge in [0.2, 0.25) is 5.78 Å². The molecule has 6 heteroatoms. The maximum atomic E-state index is 11.8. The zero-order valence-electron chi connectivity index (χ0n) is 9.50. The van der Waals surface area contributed by atoms with Crippen molar-refractivity contribution in [3.8, 4) is 0 Å². The number of carbonyl (C=O) groups excluding carboxylic acids is 1. The fourth-order valence-electron chi connectivity index (χ4n) is 3.81. The summed E-state index contributed by atoms with van der Waals surface area (Å²) in [6.45, 7) is 0. The van der Waals surface area contributed by atoms with Crippen LogP contribution in [0, 0.1) is 17.8 Å². The molecule has 1 aliphatic heterocycles. The first-order valence-electron chi connectivity index (χ1n) is 6.01. The molecule has 1 saturated carbocycles. The lowest BCUT2D eigenvalue weighted by Gasteiger charge is -2.56.